The van der Waals surface area contributed by atoms with E-state index >= 15 is 0 Å². The molecule has 20 heavy (non-hydrogen) atoms. The normalized spacial score (nSPS) is 9.70. The third kappa shape index (κ3) is 14.3. The summed E-state index contributed by atoms with van der Waals surface area (Å²) in [5.74, 6) is -1.04. The van der Waals surface area contributed by atoms with Crippen LogP contribution in [0, 0.1) is 0 Å². The summed E-state index contributed by atoms with van der Waals surface area (Å²) in [5, 5.41) is 0. The van der Waals surface area contributed by atoms with E-state index < -0.39 is 11.9 Å². The maximum atomic E-state index is 11.3. The second-order valence-corrected chi connectivity index (χ2v) is 5.12. The van der Waals surface area contributed by atoms with Gasteiger partial charge in [0.15, 0.2) is 0 Å². The molecule has 0 bridgehead atoms. The van der Waals surface area contributed by atoms with Crippen molar-refractivity contribution >= 4 is 41.5 Å². The summed E-state index contributed by atoms with van der Waals surface area (Å²) in [6.45, 7) is 7.19. The van der Waals surface area contributed by atoms with E-state index in [1.807, 2.05) is 0 Å². The molecule has 0 rings (SSSR count). The molecule has 0 saturated carbocycles. The topological polar surface area (TPSA) is 43.4 Å². The summed E-state index contributed by atoms with van der Waals surface area (Å²) >= 11 is 0. The number of hydrogen-bond acceptors (Lipinski definition) is 3. The van der Waals surface area contributed by atoms with E-state index in [0.29, 0.717) is 6.42 Å². The Morgan fingerprint density at radius 2 is 1.35 bits per heavy atom. The predicted octanol–water partition coefficient (Wildman–Crippen LogP) is 4.17. The van der Waals surface area contributed by atoms with Gasteiger partial charge in [-0.15, -0.1) is 0 Å². The molecule has 0 saturated heterocycles. The van der Waals surface area contributed by atoms with Crippen LogP contribution in [0.15, 0.2) is 12.2 Å². The summed E-state index contributed by atoms with van der Waals surface area (Å²) in [4.78, 5) is 22.4. The van der Waals surface area contributed by atoms with Crippen LogP contribution >= 0.6 is 0 Å². The Morgan fingerprint density at radius 3 is 1.80 bits per heavy atom. The Hall–Kier alpha value is -0.120. The van der Waals surface area contributed by atoms with Gasteiger partial charge in [0.2, 0.25) is 0 Å². The molecule has 0 aliphatic rings. The fourth-order valence-corrected chi connectivity index (χ4v) is 1.82. The number of esters is 2. The summed E-state index contributed by atoms with van der Waals surface area (Å²) in [6, 6.07) is 0. The Bertz CT molecular complexity index is 287. The summed E-state index contributed by atoms with van der Waals surface area (Å²) in [5.41, 5.74) is 0.264. The second-order valence-electron chi connectivity index (χ2n) is 5.12. The van der Waals surface area contributed by atoms with Crippen LogP contribution in [-0.4, -0.2) is 41.5 Å². The molecule has 1 radical (unpaired) electrons. The fourth-order valence-electron chi connectivity index (χ4n) is 1.82. The third-order valence-electron chi connectivity index (χ3n) is 3.04. The maximum Gasteiger partial charge on any atom is 0.340 e. The standard InChI is InChI=1S/C16H28O3.Na/c1-4-5-6-7-8-9-10-11-12-13-15(17)19-16(18)14(2)3;/h2,4-13H2,1,3H3;. The van der Waals surface area contributed by atoms with Crippen LogP contribution < -0.4 is 0 Å². The Balaban J connectivity index is 0. The van der Waals surface area contributed by atoms with Gasteiger partial charge in [-0.25, -0.2) is 4.79 Å². The van der Waals surface area contributed by atoms with Crippen molar-refractivity contribution in [3.05, 3.63) is 12.2 Å². The van der Waals surface area contributed by atoms with Crippen LogP contribution in [0.2, 0.25) is 0 Å². The Labute approximate surface area is 145 Å². The largest absolute Gasteiger partial charge is 0.390 e. The van der Waals surface area contributed by atoms with Gasteiger partial charge in [-0.05, 0) is 13.3 Å². The summed E-state index contributed by atoms with van der Waals surface area (Å²) in [6.07, 6.45) is 11.1. The molecule has 0 amide bonds. The van der Waals surface area contributed by atoms with E-state index in [2.05, 4.69) is 18.2 Å². The molecular formula is C16H28NaO3. The molecule has 0 unspecified atom stereocenters. The van der Waals surface area contributed by atoms with Crippen LogP contribution in [0.4, 0.5) is 0 Å². The van der Waals surface area contributed by atoms with E-state index in [-0.39, 0.29) is 35.1 Å². The molecule has 3 nitrogen and oxygen atoms in total. The van der Waals surface area contributed by atoms with Crippen molar-refractivity contribution in [2.45, 2.75) is 78.1 Å². The minimum atomic E-state index is -0.610. The Kier molecular flexibility index (Phi) is 16.9. The van der Waals surface area contributed by atoms with E-state index in [1.54, 1.807) is 0 Å². The van der Waals surface area contributed by atoms with E-state index in [0.717, 1.165) is 19.3 Å². The molecule has 0 atom stereocenters. The van der Waals surface area contributed by atoms with E-state index in [4.69, 9.17) is 0 Å². The quantitative estimate of drug-likeness (QED) is 0.189. The van der Waals surface area contributed by atoms with Gasteiger partial charge in [0.1, 0.15) is 0 Å². The SMILES string of the molecule is C=C(C)C(=O)OC(=O)CCCCCCCCCCC.[Na]. The average Bonchev–Trinajstić information content (AvgIpc) is 2.36. The van der Waals surface area contributed by atoms with Crippen molar-refractivity contribution in [2.75, 3.05) is 0 Å². The molecule has 0 aromatic carbocycles. The van der Waals surface area contributed by atoms with E-state index in [9.17, 15) is 9.59 Å². The molecule has 0 heterocycles. The molecule has 0 N–H and O–H groups in total. The zero-order chi connectivity index (χ0) is 14.5. The van der Waals surface area contributed by atoms with Gasteiger partial charge in [0.25, 0.3) is 0 Å². The van der Waals surface area contributed by atoms with Gasteiger partial charge < -0.3 is 4.74 Å². The van der Waals surface area contributed by atoms with Crippen LogP contribution in [0.3, 0.4) is 0 Å². The molecule has 0 aromatic rings. The molecule has 0 aromatic heterocycles. The van der Waals surface area contributed by atoms with Crippen LogP contribution in [0.1, 0.15) is 78.1 Å². The van der Waals surface area contributed by atoms with Gasteiger partial charge in [-0.1, -0.05) is 64.9 Å². The van der Waals surface area contributed by atoms with Crippen LogP contribution in [0.25, 0.3) is 0 Å². The van der Waals surface area contributed by atoms with Crippen LogP contribution in [0.5, 0.6) is 0 Å². The van der Waals surface area contributed by atoms with Crippen molar-refractivity contribution in [3.63, 3.8) is 0 Å². The monoisotopic (exact) mass is 291 g/mol. The molecule has 111 valence electrons. The number of unbranched alkanes of at least 4 members (excludes halogenated alkanes) is 8. The molecule has 0 fully saturated rings. The molecule has 0 aliphatic heterocycles. The third-order valence-corrected chi connectivity index (χ3v) is 3.04. The fraction of sp³-hybridized carbons (Fsp3) is 0.750. The molecule has 0 aliphatic carbocycles. The second kappa shape index (κ2) is 15.3. The number of hydrogen-bond donors (Lipinski definition) is 0. The van der Waals surface area contributed by atoms with Gasteiger partial charge in [0, 0.05) is 41.6 Å². The average molecular weight is 291 g/mol. The first kappa shape index (κ1) is 22.2. The zero-order valence-electron chi connectivity index (χ0n) is 13.5. The van der Waals surface area contributed by atoms with Crippen molar-refractivity contribution in [1.29, 1.82) is 0 Å². The molecular weight excluding hydrogens is 263 g/mol. The molecule has 0 spiro atoms. The van der Waals surface area contributed by atoms with Gasteiger partial charge in [-0.2, -0.15) is 0 Å². The number of rotatable bonds is 11. The minimum absolute atomic E-state index is 0. The van der Waals surface area contributed by atoms with Crippen LogP contribution in [-0.2, 0) is 14.3 Å². The van der Waals surface area contributed by atoms with Crippen molar-refractivity contribution in [3.8, 4) is 0 Å². The number of carbonyl (C=O) groups excluding carboxylic acids is 2. The first-order chi connectivity index (χ1) is 9.07. The zero-order valence-corrected chi connectivity index (χ0v) is 15.5. The smallest absolute Gasteiger partial charge is 0.340 e. The number of carbonyl (C=O) groups is 2. The predicted molar refractivity (Wildman–Crippen MR) is 83.5 cm³/mol. The first-order valence-corrected chi connectivity index (χ1v) is 7.48. The molecule has 4 heteroatoms. The van der Waals surface area contributed by atoms with E-state index in [1.165, 1.54) is 45.4 Å². The van der Waals surface area contributed by atoms with Crippen molar-refractivity contribution in [2.24, 2.45) is 0 Å². The maximum absolute atomic E-state index is 11.3. The number of ether oxygens (including phenoxy) is 1. The van der Waals surface area contributed by atoms with Gasteiger partial charge in [0.05, 0.1) is 0 Å². The van der Waals surface area contributed by atoms with Gasteiger partial charge in [-0.3, -0.25) is 4.79 Å². The summed E-state index contributed by atoms with van der Waals surface area (Å²) < 4.78 is 4.61. The summed E-state index contributed by atoms with van der Waals surface area (Å²) in [7, 11) is 0. The minimum Gasteiger partial charge on any atom is -0.390 e. The first-order valence-electron chi connectivity index (χ1n) is 7.48. The van der Waals surface area contributed by atoms with Crippen molar-refractivity contribution < 1.29 is 14.3 Å². The Morgan fingerprint density at radius 1 is 0.900 bits per heavy atom. The van der Waals surface area contributed by atoms with Gasteiger partial charge >= 0.3 is 11.9 Å². The van der Waals surface area contributed by atoms with Crippen molar-refractivity contribution in [1.82, 2.24) is 0 Å².